The second kappa shape index (κ2) is 10.4. The van der Waals surface area contributed by atoms with E-state index in [0.717, 1.165) is 38.0 Å². The van der Waals surface area contributed by atoms with Gasteiger partial charge < -0.3 is 15.4 Å². The van der Waals surface area contributed by atoms with Gasteiger partial charge in [-0.2, -0.15) is 5.10 Å². The molecule has 3 rings (SSSR count). The molecule has 1 aliphatic heterocycles. The van der Waals surface area contributed by atoms with Crippen LogP contribution in [0.25, 0.3) is 0 Å². The minimum absolute atomic E-state index is 0. The fourth-order valence-electron chi connectivity index (χ4n) is 3.30. The third-order valence-electron chi connectivity index (χ3n) is 4.94. The van der Waals surface area contributed by atoms with Gasteiger partial charge in [0.2, 0.25) is 0 Å². The first-order valence-electron chi connectivity index (χ1n) is 9.36. The zero-order valence-corrected chi connectivity index (χ0v) is 16.7. The topological polar surface area (TPSA) is 73.4 Å². The molecule has 1 aromatic heterocycles. The van der Waals surface area contributed by atoms with Gasteiger partial charge in [0.15, 0.2) is 0 Å². The lowest BCUT2D eigenvalue weighted by molar-refractivity contribution is 0.00842. The summed E-state index contributed by atoms with van der Waals surface area (Å²) in [5.74, 6) is 0.0715. The number of amides is 1. The van der Waals surface area contributed by atoms with Gasteiger partial charge in [-0.15, -0.1) is 12.4 Å². The fourth-order valence-corrected chi connectivity index (χ4v) is 3.30. The monoisotopic (exact) mass is 392 g/mol. The Morgan fingerprint density at radius 2 is 1.96 bits per heavy atom. The van der Waals surface area contributed by atoms with Gasteiger partial charge in [0.05, 0.1) is 24.4 Å². The van der Waals surface area contributed by atoms with Crippen molar-refractivity contribution in [1.29, 1.82) is 0 Å². The number of benzene rings is 1. The van der Waals surface area contributed by atoms with Crippen molar-refractivity contribution in [3.63, 3.8) is 0 Å². The number of carbonyl (C=O) groups is 1. The predicted molar refractivity (Wildman–Crippen MR) is 108 cm³/mol. The van der Waals surface area contributed by atoms with E-state index >= 15 is 0 Å². The minimum Gasteiger partial charge on any atom is -0.378 e. The van der Waals surface area contributed by atoms with E-state index in [1.807, 2.05) is 34.7 Å². The molecule has 148 valence electrons. The van der Waals surface area contributed by atoms with Crippen LogP contribution < -0.4 is 5.73 Å². The summed E-state index contributed by atoms with van der Waals surface area (Å²) in [5.41, 5.74) is 8.28. The third-order valence-corrected chi connectivity index (χ3v) is 4.94. The molecular weight excluding hydrogens is 364 g/mol. The molecule has 0 unspecified atom stereocenters. The normalized spacial score (nSPS) is 14.8. The largest absolute Gasteiger partial charge is 0.378 e. The molecule has 0 bridgehead atoms. The molecule has 27 heavy (non-hydrogen) atoms. The van der Waals surface area contributed by atoms with Crippen LogP contribution in [0.2, 0.25) is 0 Å². The number of likely N-dealkylation sites (tertiary alicyclic amines) is 1. The van der Waals surface area contributed by atoms with Gasteiger partial charge in [-0.3, -0.25) is 9.48 Å². The van der Waals surface area contributed by atoms with Crippen molar-refractivity contribution < 1.29 is 9.53 Å². The number of piperidine rings is 1. The van der Waals surface area contributed by atoms with Gasteiger partial charge in [-0.25, -0.2) is 0 Å². The van der Waals surface area contributed by atoms with Crippen LogP contribution in [0, 0.1) is 6.92 Å². The maximum Gasteiger partial charge on any atom is 0.257 e. The molecule has 0 saturated carbocycles. The number of hydrogen-bond acceptors (Lipinski definition) is 4. The molecular formula is C20H29ClN4O2. The Bertz CT molecular complexity index is 712. The summed E-state index contributed by atoms with van der Waals surface area (Å²) in [6, 6.07) is 10.2. The van der Waals surface area contributed by atoms with E-state index in [9.17, 15) is 4.79 Å². The number of halogens is 1. The van der Waals surface area contributed by atoms with Crippen molar-refractivity contribution in [1.82, 2.24) is 14.7 Å². The molecule has 2 aromatic rings. The molecule has 1 saturated heterocycles. The number of aromatic nitrogens is 2. The van der Waals surface area contributed by atoms with Crippen molar-refractivity contribution in [2.75, 3.05) is 26.2 Å². The maximum atomic E-state index is 12.9. The summed E-state index contributed by atoms with van der Waals surface area (Å²) in [5, 5.41) is 4.42. The summed E-state index contributed by atoms with van der Waals surface area (Å²) in [4.78, 5) is 14.8. The van der Waals surface area contributed by atoms with E-state index in [1.165, 1.54) is 5.56 Å². The van der Waals surface area contributed by atoms with E-state index in [-0.39, 0.29) is 24.4 Å². The van der Waals surface area contributed by atoms with E-state index in [4.69, 9.17) is 10.5 Å². The lowest BCUT2D eigenvalue weighted by atomic mass is 10.1. The van der Waals surface area contributed by atoms with Crippen LogP contribution in [-0.4, -0.2) is 52.9 Å². The van der Waals surface area contributed by atoms with E-state index in [1.54, 1.807) is 6.20 Å². The summed E-state index contributed by atoms with van der Waals surface area (Å²) < 4.78 is 7.71. The molecule has 1 amide bonds. The second-order valence-corrected chi connectivity index (χ2v) is 6.79. The smallest absolute Gasteiger partial charge is 0.257 e. The van der Waals surface area contributed by atoms with Crippen LogP contribution in [0.4, 0.5) is 0 Å². The summed E-state index contributed by atoms with van der Waals surface area (Å²) in [6.07, 6.45) is 4.59. The summed E-state index contributed by atoms with van der Waals surface area (Å²) in [7, 11) is 0. The van der Waals surface area contributed by atoms with Crippen LogP contribution in [0.1, 0.15) is 40.9 Å². The number of nitrogens with two attached hydrogens (primary N) is 1. The zero-order valence-electron chi connectivity index (χ0n) is 15.8. The third kappa shape index (κ3) is 5.54. The Morgan fingerprint density at radius 1 is 1.26 bits per heavy atom. The lowest BCUT2D eigenvalue weighted by Gasteiger charge is -2.32. The summed E-state index contributed by atoms with van der Waals surface area (Å²) in [6.45, 7) is 5.47. The number of carbonyl (C=O) groups excluding carboxylic acids is 1. The summed E-state index contributed by atoms with van der Waals surface area (Å²) >= 11 is 0. The standard InChI is InChI=1S/C20H28N4O2.ClH/c1-16-19(14-22-24(16)15-17-6-3-2-4-7-17)20(25)23-11-8-18(9-12-23)26-13-5-10-21;/h2-4,6-7,14,18H,5,8-13,15,21H2,1H3;1H. The van der Waals surface area contributed by atoms with Crippen LogP contribution in [-0.2, 0) is 11.3 Å². The van der Waals surface area contributed by atoms with Crippen LogP contribution >= 0.6 is 12.4 Å². The van der Waals surface area contributed by atoms with Crippen molar-refractivity contribution in [2.45, 2.75) is 38.8 Å². The van der Waals surface area contributed by atoms with Gasteiger partial charge in [-0.1, -0.05) is 30.3 Å². The van der Waals surface area contributed by atoms with Crippen LogP contribution in [0.3, 0.4) is 0 Å². The fraction of sp³-hybridized carbons (Fsp3) is 0.500. The number of rotatable bonds is 7. The molecule has 0 atom stereocenters. The van der Waals surface area contributed by atoms with Crippen LogP contribution in [0.15, 0.2) is 36.5 Å². The highest BCUT2D eigenvalue weighted by molar-refractivity contribution is 5.95. The average molecular weight is 393 g/mol. The predicted octanol–water partition coefficient (Wildman–Crippen LogP) is 2.63. The molecule has 6 nitrogen and oxygen atoms in total. The molecule has 1 aromatic carbocycles. The second-order valence-electron chi connectivity index (χ2n) is 6.79. The van der Waals surface area contributed by atoms with Gasteiger partial charge in [0.25, 0.3) is 5.91 Å². The van der Waals surface area contributed by atoms with Gasteiger partial charge >= 0.3 is 0 Å². The first-order chi connectivity index (χ1) is 12.7. The number of ether oxygens (including phenoxy) is 1. The molecule has 2 heterocycles. The Labute approximate surface area is 167 Å². The van der Waals surface area contributed by atoms with Crippen molar-refractivity contribution >= 4 is 18.3 Å². The SMILES string of the molecule is Cc1c(C(=O)N2CCC(OCCCN)CC2)cnn1Cc1ccccc1.Cl. The highest BCUT2D eigenvalue weighted by Gasteiger charge is 2.26. The molecule has 0 spiro atoms. The Kier molecular flexibility index (Phi) is 8.28. The van der Waals surface area contributed by atoms with Gasteiger partial charge in [-0.05, 0) is 38.3 Å². The highest BCUT2D eigenvalue weighted by Crippen LogP contribution is 2.18. The average Bonchev–Trinajstić information content (AvgIpc) is 3.03. The van der Waals surface area contributed by atoms with Crippen LogP contribution in [0.5, 0.6) is 0 Å². The minimum atomic E-state index is 0. The molecule has 1 aliphatic rings. The molecule has 1 fully saturated rings. The van der Waals surface area contributed by atoms with Gasteiger partial charge in [0.1, 0.15) is 0 Å². The van der Waals surface area contributed by atoms with E-state index < -0.39 is 0 Å². The first kappa shape index (κ1) is 21.4. The first-order valence-corrected chi connectivity index (χ1v) is 9.36. The quantitative estimate of drug-likeness (QED) is 0.735. The molecule has 2 N–H and O–H groups in total. The van der Waals surface area contributed by atoms with Crippen molar-refractivity contribution in [3.8, 4) is 0 Å². The Morgan fingerprint density at radius 3 is 2.63 bits per heavy atom. The lowest BCUT2D eigenvalue weighted by Crippen LogP contribution is -2.41. The zero-order chi connectivity index (χ0) is 18.4. The molecule has 0 radical (unpaired) electrons. The van der Waals surface area contributed by atoms with Crippen molar-refractivity contribution in [3.05, 3.63) is 53.3 Å². The maximum absolute atomic E-state index is 12.9. The highest BCUT2D eigenvalue weighted by atomic mass is 35.5. The number of nitrogens with zero attached hydrogens (tertiary/aromatic N) is 3. The van der Waals surface area contributed by atoms with E-state index in [2.05, 4.69) is 17.2 Å². The molecule has 0 aliphatic carbocycles. The number of hydrogen-bond donors (Lipinski definition) is 1. The van der Waals surface area contributed by atoms with Gasteiger partial charge in [0, 0.05) is 25.4 Å². The van der Waals surface area contributed by atoms with E-state index in [0.29, 0.717) is 25.3 Å². The van der Waals surface area contributed by atoms with Crippen molar-refractivity contribution in [2.24, 2.45) is 5.73 Å². The molecule has 7 heteroatoms. The Balaban J connectivity index is 0.00000261. The Hall–Kier alpha value is -1.89.